The van der Waals surface area contributed by atoms with Crippen molar-refractivity contribution >= 4 is 24.2 Å². The van der Waals surface area contributed by atoms with Gasteiger partial charge in [-0.05, 0) is 42.0 Å². The Morgan fingerprint density at radius 3 is 2.64 bits per heavy atom. The van der Waals surface area contributed by atoms with E-state index in [0.717, 1.165) is 5.56 Å². The zero-order valence-corrected chi connectivity index (χ0v) is 16.1. The average molecular weight is 408 g/mol. The molecule has 0 spiro atoms. The molecule has 0 radical (unpaired) electrons. The molecule has 1 aliphatic heterocycles. The molecule has 0 saturated carbocycles. The molecular formula is C20H23ClFN3O3. The number of hydrogen-bond acceptors (Lipinski definition) is 4. The molecule has 6 nitrogen and oxygen atoms in total. The summed E-state index contributed by atoms with van der Waals surface area (Å²) in [6.45, 7) is 2.07. The van der Waals surface area contributed by atoms with Crippen molar-refractivity contribution in [3.63, 3.8) is 0 Å². The molecule has 1 heterocycles. The van der Waals surface area contributed by atoms with Gasteiger partial charge in [0.25, 0.3) is 0 Å². The van der Waals surface area contributed by atoms with Gasteiger partial charge >= 0.3 is 0 Å². The molecule has 2 aromatic rings. The highest BCUT2D eigenvalue weighted by atomic mass is 35.5. The molecule has 150 valence electrons. The zero-order chi connectivity index (χ0) is 19.2. The second-order valence-electron chi connectivity index (χ2n) is 6.35. The van der Waals surface area contributed by atoms with Crippen molar-refractivity contribution in [1.82, 2.24) is 10.2 Å². The van der Waals surface area contributed by atoms with Crippen molar-refractivity contribution in [2.45, 2.75) is 12.5 Å². The molecule has 1 unspecified atom stereocenters. The molecule has 1 saturated heterocycles. The van der Waals surface area contributed by atoms with Crippen LogP contribution in [0.1, 0.15) is 28.4 Å². The van der Waals surface area contributed by atoms with Crippen molar-refractivity contribution in [1.29, 1.82) is 0 Å². The molecule has 0 bridgehead atoms. The number of nitrogens with one attached hydrogen (secondary N) is 1. The van der Waals surface area contributed by atoms with Gasteiger partial charge in [-0.25, -0.2) is 4.39 Å². The molecule has 3 N–H and O–H groups in total. The van der Waals surface area contributed by atoms with Gasteiger partial charge in [0.15, 0.2) is 0 Å². The zero-order valence-electron chi connectivity index (χ0n) is 15.3. The number of amides is 2. The molecule has 1 atom stereocenters. The fraction of sp³-hybridized carbons (Fsp3) is 0.300. The van der Waals surface area contributed by atoms with Gasteiger partial charge in [0, 0.05) is 25.2 Å². The third-order valence-corrected chi connectivity index (χ3v) is 4.52. The number of carbonyl (C=O) groups is 2. The number of carbonyl (C=O) groups excluding carboxylic acids is 2. The molecule has 2 amide bonds. The minimum absolute atomic E-state index is 0. The fourth-order valence-corrected chi connectivity index (χ4v) is 3.13. The summed E-state index contributed by atoms with van der Waals surface area (Å²) in [6.07, 6.45) is 0.212. The SMILES string of the molecule is Cl.NC(=O)c1ccc(OCCC(=O)N2CCNCC2c2cccc(F)c2)cc1. The van der Waals surface area contributed by atoms with Crippen LogP contribution in [0.2, 0.25) is 0 Å². The topological polar surface area (TPSA) is 84.7 Å². The summed E-state index contributed by atoms with van der Waals surface area (Å²) in [4.78, 5) is 25.5. The van der Waals surface area contributed by atoms with Gasteiger partial charge in [-0.15, -0.1) is 12.4 Å². The normalized spacial score (nSPS) is 16.2. The second kappa shape index (κ2) is 10.1. The van der Waals surface area contributed by atoms with E-state index in [0.29, 0.717) is 30.9 Å². The van der Waals surface area contributed by atoms with Crippen LogP contribution < -0.4 is 15.8 Å². The third-order valence-electron chi connectivity index (χ3n) is 4.52. The van der Waals surface area contributed by atoms with Gasteiger partial charge < -0.3 is 20.7 Å². The lowest BCUT2D eigenvalue weighted by Crippen LogP contribution is -2.49. The lowest BCUT2D eigenvalue weighted by molar-refractivity contribution is -0.135. The van der Waals surface area contributed by atoms with Gasteiger partial charge in [0.05, 0.1) is 19.1 Å². The number of nitrogens with two attached hydrogens (primary N) is 1. The van der Waals surface area contributed by atoms with E-state index in [1.54, 1.807) is 35.2 Å². The summed E-state index contributed by atoms with van der Waals surface area (Å²) in [5.74, 6) is -0.290. The van der Waals surface area contributed by atoms with Gasteiger partial charge in [-0.2, -0.15) is 0 Å². The number of nitrogens with zero attached hydrogens (tertiary/aromatic N) is 1. The molecule has 1 fully saturated rings. The van der Waals surface area contributed by atoms with E-state index < -0.39 is 5.91 Å². The number of piperazine rings is 1. The van der Waals surface area contributed by atoms with E-state index in [-0.39, 0.29) is 43.2 Å². The van der Waals surface area contributed by atoms with Crippen molar-refractivity contribution in [2.75, 3.05) is 26.2 Å². The summed E-state index contributed by atoms with van der Waals surface area (Å²) >= 11 is 0. The van der Waals surface area contributed by atoms with E-state index in [9.17, 15) is 14.0 Å². The Hall–Kier alpha value is -2.64. The highest BCUT2D eigenvalue weighted by Crippen LogP contribution is 2.23. The number of ether oxygens (including phenoxy) is 1. The molecule has 0 aliphatic carbocycles. The number of hydrogen-bond donors (Lipinski definition) is 2. The lowest BCUT2D eigenvalue weighted by atomic mass is 10.0. The molecule has 1 aliphatic rings. The van der Waals surface area contributed by atoms with E-state index in [2.05, 4.69) is 5.32 Å². The highest BCUT2D eigenvalue weighted by molar-refractivity contribution is 5.92. The van der Waals surface area contributed by atoms with Crippen LogP contribution in [-0.4, -0.2) is 43.0 Å². The summed E-state index contributed by atoms with van der Waals surface area (Å²) in [6, 6.07) is 12.6. The Kier molecular flexibility index (Phi) is 7.78. The monoisotopic (exact) mass is 407 g/mol. The largest absolute Gasteiger partial charge is 0.493 e. The standard InChI is InChI=1S/C20H22FN3O3.ClH/c21-16-3-1-2-15(12-16)18-13-23-9-10-24(18)19(25)8-11-27-17-6-4-14(5-7-17)20(22)26;/h1-7,12,18,23H,8-11,13H2,(H2,22,26);1H. The van der Waals surface area contributed by atoms with Gasteiger partial charge in [-0.3, -0.25) is 9.59 Å². The minimum Gasteiger partial charge on any atom is -0.493 e. The van der Waals surface area contributed by atoms with Crippen molar-refractivity contribution < 1.29 is 18.7 Å². The van der Waals surface area contributed by atoms with Crippen LogP contribution >= 0.6 is 12.4 Å². The van der Waals surface area contributed by atoms with Crippen LogP contribution in [0.5, 0.6) is 5.75 Å². The molecule has 0 aromatic heterocycles. The number of primary amides is 1. The van der Waals surface area contributed by atoms with Gasteiger partial charge in [0.2, 0.25) is 11.8 Å². The lowest BCUT2D eigenvalue weighted by Gasteiger charge is -2.36. The summed E-state index contributed by atoms with van der Waals surface area (Å²) in [5.41, 5.74) is 6.37. The van der Waals surface area contributed by atoms with Gasteiger partial charge in [0.1, 0.15) is 11.6 Å². The average Bonchev–Trinajstić information content (AvgIpc) is 2.68. The third kappa shape index (κ3) is 5.43. The van der Waals surface area contributed by atoms with Crippen LogP contribution in [0.4, 0.5) is 4.39 Å². The van der Waals surface area contributed by atoms with Crippen molar-refractivity contribution in [2.24, 2.45) is 5.73 Å². The first-order valence-corrected chi connectivity index (χ1v) is 8.83. The predicted octanol–water partition coefficient (Wildman–Crippen LogP) is 2.29. The van der Waals surface area contributed by atoms with E-state index in [4.69, 9.17) is 10.5 Å². The summed E-state index contributed by atoms with van der Waals surface area (Å²) < 4.78 is 19.1. The smallest absolute Gasteiger partial charge is 0.248 e. The van der Waals surface area contributed by atoms with E-state index in [1.807, 2.05) is 6.07 Å². The number of benzene rings is 2. The minimum atomic E-state index is -0.501. The van der Waals surface area contributed by atoms with E-state index >= 15 is 0 Å². The van der Waals surface area contributed by atoms with Crippen LogP contribution in [0.15, 0.2) is 48.5 Å². The molecular weight excluding hydrogens is 385 g/mol. The predicted molar refractivity (Wildman–Crippen MR) is 106 cm³/mol. The van der Waals surface area contributed by atoms with Crippen molar-refractivity contribution in [3.8, 4) is 5.75 Å². The van der Waals surface area contributed by atoms with Gasteiger partial charge in [-0.1, -0.05) is 12.1 Å². The Labute approximate surface area is 169 Å². The fourth-order valence-electron chi connectivity index (χ4n) is 3.13. The Bertz CT molecular complexity index is 817. The first-order valence-electron chi connectivity index (χ1n) is 8.83. The molecule has 28 heavy (non-hydrogen) atoms. The molecule has 8 heteroatoms. The van der Waals surface area contributed by atoms with Crippen molar-refractivity contribution in [3.05, 3.63) is 65.5 Å². The van der Waals surface area contributed by atoms with E-state index in [1.165, 1.54) is 12.1 Å². The maximum atomic E-state index is 13.5. The quantitative estimate of drug-likeness (QED) is 0.769. The molecule has 2 aromatic carbocycles. The summed E-state index contributed by atoms with van der Waals surface area (Å²) in [7, 11) is 0. The van der Waals surface area contributed by atoms with Crippen LogP contribution in [0.3, 0.4) is 0 Å². The number of halogens is 2. The Morgan fingerprint density at radius 2 is 1.96 bits per heavy atom. The first-order chi connectivity index (χ1) is 13.0. The Morgan fingerprint density at radius 1 is 1.21 bits per heavy atom. The Balaban J connectivity index is 0.00000280. The highest BCUT2D eigenvalue weighted by Gasteiger charge is 2.27. The van der Waals surface area contributed by atoms with Crippen LogP contribution in [0, 0.1) is 5.82 Å². The maximum absolute atomic E-state index is 13.5. The molecule has 3 rings (SSSR count). The first kappa shape index (κ1) is 21.7. The maximum Gasteiger partial charge on any atom is 0.248 e. The second-order valence-corrected chi connectivity index (χ2v) is 6.35. The number of rotatable bonds is 6. The van der Waals surface area contributed by atoms with Crippen LogP contribution in [0.25, 0.3) is 0 Å². The van der Waals surface area contributed by atoms with Crippen LogP contribution in [-0.2, 0) is 4.79 Å². The summed E-state index contributed by atoms with van der Waals surface area (Å²) in [5, 5.41) is 3.25.